The summed E-state index contributed by atoms with van der Waals surface area (Å²) < 4.78 is 13.4. The van der Waals surface area contributed by atoms with Crippen molar-refractivity contribution in [3.8, 4) is 0 Å². The van der Waals surface area contributed by atoms with E-state index in [1.54, 1.807) is 12.1 Å². The Morgan fingerprint density at radius 1 is 1.33 bits per heavy atom. The number of para-hydroxylation sites is 1. The predicted molar refractivity (Wildman–Crippen MR) is 55.3 cm³/mol. The van der Waals surface area contributed by atoms with E-state index >= 15 is 0 Å². The van der Waals surface area contributed by atoms with Crippen LogP contribution in [0, 0.1) is 5.82 Å². The molecule has 15 heavy (non-hydrogen) atoms. The summed E-state index contributed by atoms with van der Waals surface area (Å²) in [6.07, 6.45) is 0.268. The number of aliphatic hydroxyl groups excluding tert-OH is 1. The third-order valence-corrected chi connectivity index (χ3v) is 2.30. The summed E-state index contributed by atoms with van der Waals surface area (Å²) in [6, 6.07) is 4.52. The molecular weight excluding hydrogens is 219 g/mol. The molecule has 1 N–H and O–H groups in total. The Labute approximate surface area is 90.5 Å². The molecule has 0 aliphatic heterocycles. The Balaban J connectivity index is 2.68. The van der Waals surface area contributed by atoms with Crippen molar-refractivity contribution in [2.24, 2.45) is 0 Å². The summed E-state index contributed by atoms with van der Waals surface area (Å²) in [4.78, 5) is 7.95. The molecule has 0 radical (unpaired) electrons. The highest BCUT2D eigenvalue weighted by molar-refractivity contribution is 6.34. The lowest BCUT2D eigenvalue weighted by Gasteiger charge is -2.03. The predicted octanol–water partition coefficient (Wildman–Crippen LogP) is 1.96. The van der Waals surface area contributed by atoms with E-state index in [-0.39, 0.29) is 23.7 Å². The normalized spacial score (nSPS) is 10.9. The second-order valence-electron chi connectivity index (χ2n) is 3.04. The van der Waals surface area contributed by atoms with Gasteiger partial charge in [-0.3, -0.25) is 0 Å². The van der Waals surface area contributed by atoms with Gasteiger partial charge in [0.1, 0.15) is 22.3 Å². The number of nitrogens with zero attached hydrogens (tertiary/aromatic N) is 2. The van der Waals surface area contributed by atoms with Crippen molar-refractivity contribution in [1.29, 1.82) is 0 Å². The van der Waals surface area contributed by atoms with E-state index in [0.717, 1.165) is 0 Å². The van der Waals surface area contributed by atoms with E-state index < -0.39 is 5.82 Å². The molecule has 1 aromatic heterocycles. The van der Waals surface area contributed by atoms with Gasteiger partial charge in [0.2, 0.25) is 0 Å². The first-order valence-corrected chi connectivity index (χ1v) is 4.81. The molecule has 1 aromatic carbocycles. The van der Waals surface area contributed by atoms with Gasteiger partial charge in [0.15, 0.2) is 0 Å². The van der Waals surface area contributed by atoms with Crippen LogP contribution in [0.3, 0.4) is 0 Å². The van der Waals surface area contributed by atoms with E-state index in [1.165, 1.54) is 6.07 Å². The van der Waals surface area contributed by atoms with Gasteiger partial charge in [-0.15, -0.1) is 0 Å². The molecule has 0 aliphatic rings. The van der Waals surface area contributed by atoms with Crippen molar-refractivity contribution in [1.82, 2.24) is 9.97 Å². The van der Waals surface area contributed by atoms with E-state index in [0.29, 0.717) is 11.2 Å². The molecule has 0 unspecified atom stereocenters. The minimum atomic E-state index is -0.434. The lowest BCUT2D eigenvalue weighted by Crippen LogP contribution is -2.00. The molecule has 0 spiro atoms. The van der Waals surface area contributed by atoms with Gasteiger partial charge in [0, 0.05) is 11.8 Å². The minimum absolute atomic E-state index is 0.0870. The zero-order chi connectivity index (χ0) is 10.8. The highest BCUT2D eigenvalue weighted by Gasteiger charge is 2.08. The fraction of sp³-hybridized carbons (Fsp3) is 0.200. The van der Waals surface area contributed by atoms with Crippen LogP contribution in [0.2, 0.25) is 5.15 Å². The Hall–Kier alpha value is -1.26. The molecule has 0 bridgehead atoms. The number of hydrogen-bond donors (Lipinski definition) is 1. The van der Waals surface area contributed by atoms with Gasteiger partial charge in [-0.2, -0.15) is 0 Å². The van der Waals surface area contributed by atoms with Gasteiger partial charge in [-0.25, -0.2) is 14.4 Å². The summed E-state index contributed by atoms with van der Waals surface area (Å²) in [5.74, 6) is -0.0870. The Bertz CT molecular complexity index is 504. The number of benzene rings is 1. The summed E-state index contributed by atoms with van der Waals surface area (Å²) in [6.45, 7) is -0.0870. The number of halogens is 2. The van der Waals surface area contributed by atoms with Gasteiger partial charge in [0.25, 0.3) is 0 Å². The first kappa shape index (κ1) is 10.3. The second-order valence-corrected chi connectivity index (χ2v) is 3.40. The fourth-order valence-electron chi connectivity index (χ4n) is 1.33. The maximum atomic E-state index is 13.4. The largest absolute Gasteiger partial charge is 0.396 e. The first-order chi connectivity index (χ1) is 7.22. The van der Waals surface area contributed by atoms with E-state index in [9.17, 15) is 4.39 Å². The quantitative estimate of drug-likeness (QED) is 0.797. The molecule has 3 nitrogen and oxygen atoms in total. The standard InChI is InChI=1S/C10H8ClFN2O/c11-10-6-2-1-3-7(12)9(6)13-8(14-10)4-5-15/h1-3,15H,4-5H2. The summed E-state index contributed by atoms with van der Waals surface area (Å²) >= 11 is 5.87. The van der Waals surface area contributed by atoms with Gasteiger partial charge in [-0.1, -0.05) is 17.7 Å². The van der Waals surface area contributed by atoms with E-state index in [2.05, 4.69) is 9.97 Å². The average Bonchev–Trinajstić information content (AvgIpc) is 2.20. The molecule has 2 aromatic rings. The first-order valence-electron chi connectivity index (χ1n) is 4.44. The molecule has 0 amide bonds. The highest BCUT2D eigenvalue weighted by atomic mass is 35.5. The smallest absolute Gasteiger partial charge is 0.149 e. The zero-order valence-corrected chi connectivity index (χ0v) is 8.50. The van der Waals surface area contributed by atoms with Gasteiger partial charge < -0.3 is 5.11 Å². The molecule has 0 saturated heterocycles. The van der Waals surface area contributed by atoms with E-state index in [1.807, 2.05) is 0 Å². The topological polar surface area (TPSA) is 46.0 Å². The molecule has 0 fully saturated rings. The monoisotopic (exact) mass is 226 g/mol. The number of hydrogen-bond acceptors (Lipinski definition) is 3. The molecule has 78 valence electrons. The maximum absolute atomic E-state index is 13.4. The van der Waals surface area contributed by atoms with Crippen molar-refractivity contribution in [2.75, 3.05) is 6.61 Å². The molecular formula is C10H8ClFN2O. The van der Waals surface area contributed by atoms with Gasteiger partial charge in [0.05, 0.1) is 6.61 Å². The lowest BCUT2D eigenvalue weighted by molar-refractivity contribution is 0.296. The SMILES string of the molecule is OCCc1nc(Cl)c2cccc(F)c2n1. The van der Waals surface area contributed by atoms with Crippen molar-refractivity contribution in [3.05, 3.63) is 35.0 Å². The minimum Gasteiger partial charge on any atom is -0.396 e. The van der Waals surface area contributed by atoms with Crippen molar-refractivity contribution >= 4 is 22.5 Å². The number of rotatable bonds is 2. The Morgan fingerprint density at radius 3 is 2.87 bits per heavy atom. The Morgan fingerprint density at radius 2 is 2.13 bits per heavy atom. The van der Waals surface area contributed by atoms with Crippen molar-refractivity contribution in [2.45, 2.75) is 6.42 Å². The van der Waals surface area contributed by atoms with Crippen LogP contribution in [0.25, 0.3) is 10.9 Å². The summed E-state index contributed by atoms with van der Waals surface area (Å²) in [5, 5.41) is 9.43. The van der Waals surface area contributed by atoms with Crippen LogP contribution >= 0.6 is 11.6 Å². The molecule has 2 rings (SSSR count). The van der Waals surface area contributed by atoms with Crippen LogP contribution < -0.4 is 0 Å². The van der Waals surface area contributed by atoms with Crippen LogP contribution in [-0.4, -0.2) is 21.7 Å². The Kier molecular flexibility index (Phi) is 2.79. The second kappa shape index (κ2) is 4.08. The third-order valence-electron chi connectivity index (χ3n) is 2.01. The van der Waals surface area contributed by atoms with Crippen LogP contribution in [0.15, 0.2) is 18.2 Å². The molecule has 0 saturated carbocycles. The van der Waals surface area contributed by atoms with Crippen LogP contribution in [0.4, 0.5) is 4.39 Å². The van der Waals surface area contributed by atoms with Gasteiger partial charge in [-0.05, 0) is 12.1 Å². The fourth-order valence-corrected chi connectivity index (χ4v) is 1.58. The zero-order valence-electron chi connectivity index (χ0n) is 7.74. The van der Waals surface area contributed by atoms with Crippen LogP contribution in [0.1, 0.15) is 5.82 Å². The van der Waals surface area contributed by atoms with Gasteiger partial charge >= 0.3 is 0 Å². The molecule has 0 atom stereocenters. The molecule has 5 heteroatoms. The summed E-state index contributed by atoms with van der Waals surface area (Å²) in [7, 11) is 0. The third kappa shape index (κ3) is 1.91. The highest BCUT2D eigenvalue weighted by Crippen LogP contribution is 2.22. The summed E-state index contributed by atoms with van der Waals surface area (Å²) in [5.41, 5.74) is 0.195. The average molecular weight is 227 g/mol. The molecule has 0 aliphatic carbocycles. The number of aromatic nitrogens is 2. The van der Waals surface area contributed by atoms with Crippen molar-refractivity contribution < 1.29 is 9.50 Å². The number of aliphatic hydroxyl groups is 1. The van der Waals surface area contributed by atoms with E-state index in [4.69, 9.17) is 16.7 Å². The van der Waals surface area contributed by atoms with Crippen LogP contribution in [0.5, 0.6) is 0 Å². The molecule has 1 heterocycles. The maximum Gasteiger partial charge on any atom is 0.149 e. The van der Waals surface area contributed by atoms with Crippen LogP contribution in [-0.2, 0) is 6.42 Å². The number of fused-ring (bicyclic) bond motifs is 1. The van der Waals surface area contributed by atoms with Crippen molar-refractivity contribution in [3.63, 3.8) is 0 Å². The lowest BCUT2D eigenvalue weighted by atomic mass is 10.2.